The molecule has 1 fully saturated rings. The molecule has 0 bridgehead atoms. The van der Waals surface area contributed by atoms with Gasteiger partial charge in [-0.1, -0.05) is 18.5 Å². The van der Waals surface area contributed by atoms with Crippen LogP contribution in [0.1, 0.15) is 19.8 Å². The smallest absolute Gasteiger partial charge is 0.193 e. The molecule has 1 aromatic rings. The highest BCUT2D eigenvalue weighted by atomic mass is 35.5. The third kappa shape index (κ3) is 6.72. The molecule has 0 atom stereocenters. The van der Waals surface area contributed by atoms with Crippen LogP contribution in [-0.4, -0.2) is 68.7 Å². The highest BCUT2D eigenvalue weighted by Crippen LogP contribution is 2.26. The molecule has 0 saturated carbocycles. The number of aliphatic imine (C=N–C) groups is 1. The van der Waals surface area contributed by atoms with E-state index in [0.717, 1.165) is 38.2 Å². The van der Waals surface area contributed by atoms with E-state index in [4.69, 9.17) is 22.1 Å². The van der Waals surface area contributed by atoms with E-state index in [2.05, 4.69) is 27.0 Å². The molecule has 7 heteroatoms. The summed E-state index contributed by atoms with van der Waals surface area (Å²) in [6, 6.07) is 5.44. The molecule has 1 aliphatic heterocycles. The minimum atomic E-state index is 0.415. The van der Waals surface area contributed by atoms with Gasteiger partial charge in [0.2, 0.25) is 0 Å². The molecule has 2 rings (SSSR count). The lowest BCUT2D eigenvalue weighted by Crippen LogP contribution is -2.46. The van der Waals surface area contributed by atoms with Gasteiger partial charge >= 0.3 is 0 Å². The lowest BCUT2D eigenvalue weighted by atomic mass is 10.2. The monoisotopic (exact) mass is 367 g/mol. The van der Waals surface area contributed by atoms with Gasteiger partial charge in [0, 0.05) is 38.4 Å². The predicted molar refractivity (Wildman–Crippen MR) is 106 cm³/mol. The van der Waals surface area contributed by atoms with E-state index in [1.165, 1.54) is 26.2 Å². The van der Waals surface area contributed by atoms with Crippen LogP contribution in [0.15, 0.2) is 23.2 Å². The fourth-order valence-corrected chi connectivity index (χ4v) is 3.17. The van der Waals surface area contributed by atoms with Gasteiger partial charge in [0.1, 0.15) is 5.75 Å². The molecule has 1 saturated heterocycles. The van der Waals surface area contributed by atoms with Crippen molar-refractivity contribution in [3.63, 3.8) is 0 Å². The van der Waals surface area contributed by atoms with Crippen molar-refractivity contribution in [3.05, 3.63) is 23.2 Å². The summed E-state index contributed by atoms with van der Waals surface area (Å²) in [4.78, 5) is 9.42. The van der Waals surface area contributed by atoms with Crippen molar-refractivity contribution >= 4 is 23.2 Å². The largest absolute Gasteiger partial charge is 0.495 e. The zero-order valence-electron chi connectivity index (χ0n) is 15.3. The summed E-state index contributed by atoms with van der Waals surface area (Å²) < 4.78 is 5.13. The summed E-state index contributed by atoms with van der Waals surface area (Å²) in [5, 5.41) is 3.60. The number of rotatable bonds is 8. The Bertz CT molecular complexity index is 558. The van der Waals surface area contributed by atoms with Crippen LogP contribution in [0.25, 0.3) is 0 Å². The fourth-order valence-electron chi connectivity index (χ4n) is 2.91. The molecule has 0 unspecified atom stereocenters. The third-order valence-electron chi connectivity index (χ3n) is 4.50. The van der Waals surface area contributed by atoms with Gasteiger partial charge in [0.05, 0.1) is 12.1 Å². The quantitative estimate of drug-likeness (QED) is 0.420. The zero-order valence-corrected chi connectivity index (χ0v) is 16.1. The van der Waals surface area contributed by atoms with E-state index in [9.17, 15) is 0 Å². The number of likely N-dealkylation sites (N-methyl/N-ethyl adjacent to an activating group) is 1. The maximum atomic E-state index is 6.10. The number of nitrogens with two attached hydrogens (primary N) is 1. The molecule has 0 aliphatic carbocycles. The molecule has 0 amide bonds. The lowest BCUT2D eigenvalue weighted by Gasteiger charge is -2.33. The van der Waals surface area contributed by atoms with Crippen molar-refractivity contribution in [1.82, 2.24) is 9.80 Å². The topological polar surface area (TPSA) is 66.1 Å². The SMILES string of the molecule is CCN1CCN(CCCCN=C(N)Nc2ccc(OC)c(Cl)c2)CC1. The van der Waals surface area contributed by atoms with Crippen molar-refractivity contribution in [1.29, 1.82) is 0 Å². The van der Waals surface area contributed by atoms with Crippen molar-refractivity contribution < 1.29 is 4.74 Å². The number of benzene rings is 1. The van der Waals surface area contributed by atoms with Gasteiger partial charge in [0.15, 0.2) is 5.96 Å². The van der Waals surface area contributed by atoms with Crippen LogP contribution < -0.4 is 15.8 Å². The summed E-state index contributed by atoms with van der Waals surface area (Å²) in [6.45, 7) is 10.0. The van der Waals surface area contributed by atoms with E-state index in [0.29, 0.717) is 16.7 Å². The molecule has 0 radical (unpaired) electrons. The minimum absolute atomic E-state index is 0.415. The summed E-state index contributed by atoms with van der Waals surface area (Å²) in [5.41, 5.74) is 6.74. The Hall–Kier alpha value is -1.50. The standard InChI is InChI=1S/C18H30ClN5O/c1-3-23-10-12-24(13-11-23)9-5-4-8-21-18(20)22-15-6-7-17(25-2)16(19)14-15/h6-7,14H,3-5,8-13H2,1-2H3,(H3,20,21,22). The number of halogens is 1. The Morgan fingerprint density at radius 3 is 2.60 bits per heavy atom. The Kier molecular flexibility index (Phi) is 8.31. The lowest BCUT2D eigenvalue weighted by molar-refractivity contribution is 0.136. The summed E-state index contributed by atoms with van der Waals surface area (Å²) in [5.74, 6) is 1.06. The van der Waals surface area contributed by atoms with Crippen LogP contribution in [-0.2, 0) is 0 Å². The molecule has 1 heterocycles. The van der Waals surface area contributed by atoms with Gasteiger partial charge < -0.3 is 25.6 Å². The van der Waals surface area contributed by atoms with Crippen LogP contribution in [0.4, 0.5) is 5.69 Å². The van der Waals surface area contributed by atoms with Gasteiger partial charge in [-0.25, -0.2) is 0 Å². The van der Waals surface area contributed by atoms with Crippen molar-refractivity contribution in [2.24, 2.45) is 10.7 Å². The molecule has 0 spiro atoms. The van der Waals surface area contributed by atoms with Crippen molar-refractivity contribution in [2.45, 2.75) is 19.8 Å². The number of hydrogen-bond donors (Lipinski definition) is 2. The molecular formula is C18H30ClN5O. The average molecular weight is 368 g/mol. The molecule has 1 aromatic carbocycles. The number of nitrogens with one attached hydrogen (secondary N) is 1. The molecule has 1 aliphatic rings. The fraction of sp³-hybridized carbons (Fsp3) is 0.611. The number of anilines is 1. The second kappa shape index (κ2) is 10.5. The van der Waals surface area contributed by atoms with Crippen molar-refractivity contribution in [3.8, 4) is 5.75 Å². The predicted octanol–water partition coefficient (Wildman–Crippen LogP) is 2.49. The molecule has 140 valence electrons. The Morgan fingerprint density at radius 1 is 1.24 bits per heavy atom. The van der Waals surface area contributed by atoms with Crippen LogP contribution in [0.5, 0.6) is 5.75 Å². The van der Waals surface area contributed by atoms with Gasteiger partial charge in [-0.15, -0.1) is 0 Å². The van der Waals surface area contributed by atoms with Gasteiger partial charge in [-0.2, -0.15) is 0 Å². The van der Waals surface area contributed by atoms with E-state index in [1.807, 2.05) is 6.07 Å². The first kappa shape index (κ1) is 19.8. The molecule has 6 nitrogen and oxygen atoms in total. The Morgan fingerprint density at radius 2 is 1.96 bits per heavy atom. The van der Waals surface area contributed by atoms with Gasteiger partial charge in [0.25, 0.3) is 0 Å². The number of methoxy groups -OCH3 is 1. The number of unbranched alkanes of at least 4 members (excludes halogenated alkanes) is 1. The second-order valence-corrected chi connectivity index (χ2v) is 6.63. The number of piperazine rings is 1. The Labute approximate surface area is 156 Å². The second-order valence-electron chi connectivity index (χ2n) is 6.22. The summed E-state index contributed by atoms with van der Waals surface area (Å²) >= 11 is 6.10. The van der Waals surface area contributed by atoms with Crippen LogP contribution in [0.2, 0.25) is 5.02 Å². The normalized spacial score (nSPS) is 16.8. The van der Waals surface area contributed by atoms with E-state index < -0.39 is 0 Å². The number of ether oxygens (including phenoxy) is 1. The highest BCUT2D eigenvalue weighted by Gasteiger charge is 2.14. The highest BCUT2D eigenvalue weighted by molar-refractivity contribution is 6.32. The third-order valence-corrected chi connectivity index (χ3v) is 4.80. The number of guanidine groups is 1. The van der Waals surface area contributed by atoms with Crippen LogP contribution in [0, 0.1) is 0 Å². The van der Waals surface area contributed by atoms with E-state index >= 15 is 0 Å². The molecule has 25 heavy (non-hydrogen) atoms. The van der Waals surface area contributed by atoms with E-state index in [1.54, 1.807) is 19.2 Å². The minimum Gasteiger partial charge on any atom is -0.495 e. The first-order valence-electron chi connectivity index (χ1n) is 8.97. The van der Waals surface area contributed by atoms with Crippen LogP contribution >= 0.6 is 11.6 Å². The van der Waals surface area contributed by atoms with Gasteiger partial charge in [-0.3, -0.25) is 4.99 Å². The number of hydrogen-bond acceptors (Lipinski definition) is 4. The zero-order chi connectivity index (χ0) is 18.1. The maximum Gasteiger partial charge on any atom is 0.193 e. The van der Waals surface area contributed by atoms with E-state index in [-0.39, 0.29) is 0 Å². The van der Waals surface area contributed by atoms with Crippen LogP contribution in [0.3, 0.4) is 0 Å². The Balaban J connectivity index is 1.64. The number of nitrogens with zero attached hydrogens (tertiary/aromatic N) is 3. The molecule has 3 N–H and O–H groups in total. The summed E-state index contributed by atoms with van der Waals surface area (Å²) in [7, 11) is 1.59. The molecule has 0 aromatic heterocycles. The maximum absolute atomic E-state index is 6.10. The average Bonchev–Trinajstić information content (AvgIpc) is 2.62. The molecular weight excluding hydrogens is 338 g/mol. The van der Waals surface area contributed by atoms with Gasteiger partial charge in [-0.05, 0) is 44.1 Å². The van der Waals surface area contributed by atoms with Crippen molar-refractivity contribution in [2.75, 3.05) is 58.2 Å². The summed E-state index contributed by atoms with van der Waals surface area (Å²) in [6.07, 6.45) is 2.19. The first-order chi connectivity index (χ1) is 12.1. The first-order valence-corrected chi connectivity index (χ1v) is 9.35.